The zero-order valence-electron chi connectivity index (χ0n) is 23.4. The lowest BCUT2D eigenvalue weighted by atomic mass is 10.0. The molecule has 0 radical (unpaired) electrons. The molecule has 2 aromatic heterocycles. The van der Waals surface area contributed by atoms with E-state index >= 15 is 0 Å². The molecule has 8 heteroatoms. The molecule has 4 rings (SSSR count). The van der Waals surface area contributed by atoms with E-state index in [1.54, 1.807) is 11.3 Å². The maximum Gasteiger partial charge on any atom is 0.407 e. The first-order valence-corrected chi connectivity index (χ1v) is 13.9. The number of hydrogen-bond donors (Lipinski definition) is 2. The maximum absolute atomic E-state index is 13.1. The highest BCUT2D eigenvalue weighted by Gasteiger charge is 2.18. The topological polar surface area (TPSA) is 85.3 Å². The second-order valence-corrected chi connectivity index (χ2v) is 11.5. The number of aromatic nitrogens is 2. The summed E-state index contributed by atoms with van der Waals surface area (Å²) in [5, 5.41) is 8.92. The number of nitrogens with zero attached hydrogens (tertiary/aromatic N) is 2. The van der Waals surface area contributed by atoms with Gasteiger partial charge >= 0.3 is 6.09 Å². The number of amides is 2. The van der Waals surface area contributed by atoms with Crippen molar-refractivity contribution in [3.63, 3.8) is 0 Å². The van der Waals surface area contributed by atoms with Crippen LogP contribution in [-0.2, 0) is 24.4 Å². The number of carbonyl (C=O) groups excluding carboxylic acids is 2. The van der Waals surface area contributed by atoms with Crippen LogP contribution in [0.2, 0.25) is 0 Å². The summed E-state index contributed by atoms with van der Waals surface area (Å²) in [6.45, 7) is 12.9. The quantitative estimate of drug-likeness (QED) is 0.264. The van der Waals surface area contributed by atoms with E-state index in [4.69, 9.17) is 9.72 Å². The molecule has 39 heavy (non-hydrogen) atoms. The smallest absolute Gasteiger partial charge is 0.407 e. The Hall–Kier alpha value is -3.91. The van der Waals surface area contributed by atoms with Crippen molar-refractivity contribution in [1.82, 2.24) is 20.2 Å². The number of nitrogens with one attached hydrogen (secondary N) is 2. The fraction of sp³-hybridized carbons (Fsp3) is 0.323. The van der Waals surface area contributed by atoms with Crippen molar-refractivity contribution < 1.29 is 14.3 Å². The Balaban J connectivity index is 1.36. The molecule has 2 heterocycles. The normalized spacial score (nSPS) is 11.3. The molecule has 0 saturated carbocycles. The van der Waals surface area contributed by atoms with Gasteiger partial charge in [0.15, 0.2) is 0 Å². The summed E-state index contributed by atoms with van der Waals surface area (Å²) in [5.41, 5.74) is 7.19. The molecule has 0 aliphatic heterocycles. The van der Waals surface area contributed by atoms with Gasteiger partial charge in [0, 0.05) is 35.4 Å². The molecule has 0 fully saturated rings. The van der Waals surface area contributed by atoms with E-state index in [1.165, 1.54) is 0 Å². The third-order valence-electron chi connectivity index (χ3n) is 6.39. The molecule has 4 aromatic rings. The summed E-state index contributed by atoms with van der Waals surface area (Å²) in [4.78, 5) is 29.9. The van der Waals surface area contributed by atoms with Crippen LogP contribution in [0.1, 0.15) is 64.9 Å². The molecular weight excluding hydrogens is 508 g/mol. The number of hydrogen-bond acceptors (Lipinski definition) is 5. The average Bonchev–Trinajstić information content (AvgIpc) is 3.46. The van der Waals surface area contributed by atoms with Gasteiger partial charge in [0.05, 0.1) is 17.8 Å². The first-order chi connectivity index (χ1) is 18.5. The van der Waals surface area contributed by atoms with Gasteiger partial charge < -0.3 is 19.9 Å². The Morgan fingerprint density at radius 3 is 2.41 bits per heavy atom. The number of thiazole rings is 1. The maximum atomic E-state index is 13.1. The third-order valence-corrected chi connectivity index (χ3v) is 7.33. The fourth-order valence-electron chi connectivity index (χ4n) is 4.35. The third kappa shape index (κ3) is 7.35. The monoisotopic (exact) mass is 544 g/mol. The molecule has 0 aliphatic rings. The minimum absolute atomic E-state index is 0.104. The van der Waals surface area contributed by atoms with Gasteiger partial charge in [-0.1, -0.05) is 48.5 Å². The predicted molar refractivity (Wildman–Crippen MR) is 156 cm³/mol. The molecule has 2 aromatic carbocycles. The molecule has 0 aliphatic carbocycles. The zero-order chi connectivity index (χ0) is 28.2. The first-order valence-electron chi connectivity index (χ1n) is 13.0. The van der Waals surface area contributed by atoms with Crippen LogP contribution in [0.25, 0.3) is 10.6 Å². The highest BCUT2D eigenvalue weighted by atomic mass is 32.1. The first kappa shape index (κ1) is 28.1. The van der Waals surface area contributed by atoms with Gasteiger partial charge in [0.2, 0.25) is 0 Å². The molecule has 2 N–H and O–H groups in total. The minimum Gasteiger partial charge on any atom is -0.444 e. The van der Waals surface area contributed by atoms with Gasteiger partial charge in [-0.15, -0.1) is 11.3 Å². The molecule has 0 saturated heterocycles. The Morgan fingerprint density at radius 1 is 0.974 bits per heavy atom. The lowest BCUT2D eigenvalue weighted by Crippen LogP contribution is -2.32. The largest absolute Gasteiger partial charge is 0.444 e. The highest BCUT2D eigenvalue weighted by Crippen LogP contribution is 2.25. The standard InChI is InChI=1S/C31H36N4O3S/c1-20-14-23(16-33-30(37)38-31(4,5)6)12-13-25(20)17-32-28(36)27-15-21(2)35(22(27)3)18-26-19-39-29(34-26)24-10-8-7-9-11-24/h7-15,19H,16-18H2,1-6H3,(H,32,36)(H,33,37). The second-order valence-electron chi connectivity index (χ2n) is 10.7. The lowest BCUT2D eigenvalue weighted by molar-refractivity contribution is 0.0523. The number of rotatable bonds is 8. The number of alkyl carbamates (subject to hydrolysis) is 1. The summed E-state index contributed by atoms with van der Waals surface area (Å²) < 4.78 is 7.43. The van der Waals surface area contributed by atoms with Gasteiger partial charge in [-0.25, -0.2) is 9.78 Å². The van der Waals surface area contributed by atoms with Crippen LogP contribution in [0, 0.1) is 20.8 Å². The van der Waals surface area contributed by atoms with Crippen LogP contribution in [-0.4, -0.2) is 27.2 Å². The van der Waals surface area contributed by atoms with E-state index in [-0.39, 0.29) is 5.91 Å². The summed E-state index contributed by atoms with van der Waals surface area (Å²) in [5.74, 6) is -0.104. The van der Waals surface area contributed by atoms with E-state index in [2.05, 4.69) is 32.7 Å². The van der Waals surface area contributed by atoms with Gasteiger partial charge in [-0.3, -0.25) is 4.79 Å². The Bertz CT molecular complexity index is 1460. The van der Waals surface area contributed by atoms with E-state index < -0.39 is 11.7 Å². The molecule has 204 valence electrons. The van der Waals surface area contributed by atoms with Gasteiger partial charge in [0.25, 0.3) is 5.91 Å². The van der Waals surface area contributed by atoms with Crippen molar-refractivity contribution in [1.29, 1.82) is 0 Å². The minimum atomic E-state index is -0.535. The van der Waals surface area contributed by atoms with Crippen molar-refractivity contribution >= 4 is 23.3 Å². The van der Waals surface area contributed by atoms with Crippen molar-refractivity contribution in [2.45, 2.75) is 66.8 Å². The number of aryl methyl sites for hydroxylation is 2. The van der Waals surface area contributed by atoms with Gasteiger partial charge in [0.1, 0.15) is 10.6 Å². The van der Waals surface area contributed by atoms with Crippen molar-refractivity contribution in [2.75, 3.05) is 0 Å². The van der Waals surface area contributed by atoms with Gasteiger partial charge in [-0.2, -0.15) is 0 Å². The van der Waals surface area contributed by atoms with Crippen LogP contribution < -0.4 is 10.6 Å². The van der Waals surface area contributed by atoms with E-state index in [1.807, 2.05) is 84.0 Å². The highest BCUT2D eigenvalue weighted by molar-refractivity contribution is 7.13. The summed E-state index contributed by atoms with van der Waals surface area (Å²) in [7, 11) is 0. The van der Waals surface area contributed by atoms with Crippen molar-refractivity contribution in [2.24, 2.45) is 0 Å². The molecule has 7 nitrogen and oxygen atoms in total. The lowest BCUT2D eigenvalue weighted by Gasteiger charge is -2.19. The fourth-order valence-corrected chi connectivity index (χ4v) is 5.17. The predicted octanol–water partition coefficient (Wildman–Crippen LogP) is 6.54. The second kappa shape index (κ2) is 11.9. The number of ether oxygens (including phenoxy) is 1. The van der Waals surface area contributed by atoms with E-state index in [9.17, 15) is 9.59 Å². The Labute approximate surface area is 234 Å². The molecule has 0 unspecified atom stereocenters. The summed E-state index contributed by atoms with van der Waals surface area (Å²) >= 11 is 1.63. The van der Waals surface area contributed by atoms with Crippen LogP contribution in [0.4, 0.5) is 4.79 Å². The van der Waals surface area contributed by atoms with Crippen LogP contribution >= 0.6 is 11.3 Å². The molecule has 0 bridgehead atoms. The Morgan fingerprint density at radius 2 is 1.72 bits per heavy atom. The van der Waals surface area contributed by atoms with Crippen molar-refractivity contribution in [3.8, 4) is 10.6 Å². The van der Waals surface area contributed by atoms with E-state index in [0.29, 0.717) is 25.2 Å². The number of carbonyl (C=O) groups is 2. The van der Waals surface area contributed by atoms with E-state index in [0.717, 1.165) is 44.3 Å². The summed E-state index contributed by atoms with van der Waals surface area (Å²) in [6.07, 6.45) is -0.444. The zero-order valence-corrected chi connectivity index (χ0v) is 24.2. The Kier molecular flexibility index (Phi) is 8.55. The van der Waals surface area contributed by atoms with Crippen LogP contribution in [0.5, 0.6) is 0 Å². The molecular formula is C31H36N4O3S. The average molecular weight is 545 g/mol. The van der Waals surface area contributed by atoms with Crippen molar-refractivity contribution in [3.05, 3.63) is 99.3 Å². The van der Waals surface area contributed by atoms with Crippen LogP contribution in [0.15, 0.2) is 60.0 Å². The summed E-state index contributed by atoms with van der Waals surface area (Å²) in [6, 6.07) is 18.0. The SMILES string of the molecule is Cc1cc(CNC(=O)OC(C)(C)C)ccc1CNC(=O)c1cc(C)n(Cc2csc(-c3ccccc3)n2)c1C. The van der Waals surface area contributed by atoms with Gasteiger partial charge in [-0.05, 0) is 64.3 Å². The van der Waals surface area contributed by atoms with Crippen LogP contribution in [0.3, 0.4) is 0 Å². The number of benzene rings is 2. The molecule has 0 atom stereocenters. The molecule has 2 amide bonds. The molecule has 0 spiro atoms.